The molecule has 0 aliphatic rings. The molecule has 0 aliphatic heterocycles. The molecule has 0 saturated heterocycles. The molecule has 23 heavy (non-hydrogen) atoms. The number of methoxy groups -OCH3 is 1. The lowest BCUT2D eigenvalue weighted by molar-refractivity contribution is 0.0600. The van der Waals surface area contributed by atoms with Crippen molar-refractivity contribution in [1.29, 1.82) is 0 Å². The van der Waals surface area contributed by atoms with Crippen LogP contribution < -0.4 is 5.56 Å². The van der Waals surface area contributed by atoms with Crippen molar-refractivity contribution in [2.75, 3.05) is 7.11 Å². The standard InChI is InChI=1S/C16H12ClN3O3/c1-23-16(22)10-4-5-13(17)11(7-10)8-20-9-19-14-12(15(20)21)3-2-6-18-14/h2-7,9H,8H2,1H3. The summed E-state index contributed by atoms with van der Waals surface area (Å²) < 4.78 is 6.11. The Balaban J connectivity index is 2.04. The molecule has 1 aromatic carbocycles. The second-order valence-electron chi connectivity index (χ2n) is 4.85. The molecular formula is C16H12ClN3O3. The summed E-state index contributed by atoms with van der Waals surface area (Å²) in [6.45, 7) is 0.195. The van der Waals surface area contributed by atoms with E-state index in [-0.39, 0.29) is 12.1 Å². The Bertz CT molecular complexity index is 953. The Morgan fingerprint density at radius 3 is 2.91 bits per heavy atom. The third kappa shape index (κ3) is 2.93. The third-order valence-corrected chi connectivity index (χ3v) is 3.77. The van der Waals surface area contributed by atoms with Crippen molar-refractivity contribution in [1.82, 2.24) is 14.5 Å². The number of esters is 1. The highest BCUT2D eigenvalue weighted by Gasteiger charge is 2.11. The van der Waals surface area contributed by atoms with Crippen LogP contribution in [-0.2, 0) is 11.3 Å². The van der Waals surface area contributed by atoms with Gasteiger partial charge in [0.2, 0.25) is 0 Å². The van der Waals surface area contributed by atoms with Gasteiger partial charge >= 0.3 is 5.97 Å². The molecule has 0 bridgehead atoms. The minimum atomic E-state index is -0.462. The Morgan fingerprint density at radius 1 is 1.30 bits per heavy atom. The van der Waals surface area contributed by atoms with Crippen LogP contribution >= 0.6 is 11.6 Å². The summed E-state index contributed by atoms with van der Waals surface area (Å²) in [4.78, 5) is 32.3. The third-order valence-electron chi connectivity index (χ3n) is 3.40. The fourth-order valence-corrected chi connectivity index (χ4v) is 2.41. The van der Waals surface area contributed by atoms with E-state index >= 15 is 0 Å². The number of hydrogen-bond donors (Lipinski definition) is 0. The van der Waals surface area contributed by atoms with Gasteiger partial charge in [-0.1, -0.05) is 11.6 Å². The quantitative estimate of drug-likeness (QED) is 0.689. The zero-order valence-electron chi connectivity index (χ0n) is 12.2. The highest BCUT2D eigenvalue weighted by atomic mass is 35.5. The van der Waals surface area contributed by atoms with E-state index in [4.69, 9.17) is 16.3 Å². The van der Waals surface area contributed by atoms with Gasteiger partial charge in [0.05, 0.1) is 24.6 Å². The van der Waals surface area contributed by atoms with Gasteiger partial charge in [-0.3, -0.25) is 9.36 Å². The average molecular weight is 330 g/mol. The number of fused-ring (bicyclic) bond motifs is 1. The van der Waals surface area contributed by atoms with Crippen LogP contribution in [0.1, 0.15) is 15.9 Å². The molecule has 0 fully saturated rings. The van der Waals surface area contributed by atoms with Crippen LogP contribution in [0.3, 0.4) is 0 Å². The second-order valence-corrected chi connectivity index (χ2v) is 5.26. The minimum absolute atomic E-state index is 0.195. The van der Waals surface area contributed by atoms with Crippen LogP contribution in [0.2, 0.25) is 5.02 Å². The summed E-state index contributed by atoms with van der Waals surface area (Å²) in [5.41, 5.74) is 1.17. The SMILES string of the molecule is COC(=O)c1ccc(Cl)c(Cn2cnc3ncccc3c2=O)c1. The first kappa shape index (κ1) is 15.2. The number of nitrogens with zero attached hydrogens (tertiary/aromatic N) is 3. The molecule has 0 saturated carbocycles. The summed E-state index contributed by atoms with van der Waals surface area (Å²) in [5.74, 6) is -0.462. The summed E-state index contributed by atoms with van der Waals surface area (Å²) in [6.07, 6.45) is 2.99. The molecule has 0 atom stereocenters. The van der Waals surface area contributed by atoms with Gasteiger partial charge in [-0.15, -0.1) is 0 Å². The number of aromatic nitrogens is 3. The topological polar surface area (TPSA) is 74.1 Å². The number of carbonyl (C=O) groups is 1. The van der Waals surface area contributed by atoms with Gasteiger partial charge in [0, 0.05) is 11.2 Å². The molecule has 116 valence electrons. The van der Waals surface area contributed by atoms with E-state index in [9.17, 15) is 9.59 Å². The molecule has 7 heteroatoms. The largest absolute Gasteiger partial charge is 0.465 e. The number of pyridine rings is 1. The van der Waals surface area contributed by atoms with Crippen molar-refractivity contribution in [3.8, 4) is 0 Å². The smallest absolute Gasteiger partial charge is 0.337 e. The van der Waals surface area contributed by atoms with Crippen LogP contribution in [-0.4, -0.2) is 27.6 Å². The van der Waals surface area contributed by atoms with Gasteiger partial charge in [-0.25, -0.2) is 14.8 Å². The van der Waals surface area contributed by atoms with Crippen LogP contribution in [0.5, 0.6) is 0 Å². The van der Waals surface area contributed by atoms with E-state index < -0.39 is 5.97 Å². The Kier molecular flexibility index (Phi) is 4.08. The zero-order chi connectivity index (χ0) is 16.4. The maximum atomic E-state index is 12.5. The maximum Gasteiger partial charge on any atom is 0.337 e. The molecule has 0 radical (unpaired) electrons. The van der Waals surface area contributed by atoms with Crippen LogP contribution in [0.25, 0.3) is 11.0 Å². The van der Waals surface area contributed by atoms with E-state index in [2.05, 4.69) is 9.97 Å². The number of halogens is 1. The lowest BCUT2D eigenvalue weighted by Crippen LogP contribution is -2.21. The molecule has 0 unspecified atom stereocenters. The monoisotopic (exact) mass is 329 g/mol. The van der Waals surface area contributed by atoms with Gasteiger partial charge < -0.3 is 4.74 Å². The lowest BCUT2D eigenvalue weighted by atomic mass is 10.1. The van der Waals surface area contributed by atoms with Crippen molar-refractivity contribution in [3.63, 3.8) is 0 Å². The number of ether oxygens (including phenoxy) is 1. The van der Waals surface area contributed by atoms with Gasteiger partial charge in [0.15, 0.2) is 5.65 Å². The Labute approximate surface area is 136 Å². The van der Waals surface area contributed by atoms with E-state index in [0.717, 1.165) is 0 Å². The van der Waals surface area contributed by atoms with Gasteiger partial charge in [-0.2, -0.15) is 0 Å². The highest BCUT2D eigenvalue weighted by Crippen LogP contribution is 2.19. The second kappa shape index (κ2) is 6.18. The van der Waals surface area contributed by atoms with Crippen LogP contribution in [0.4, 0.5) is 0 Å². The van der Waals surface area contributed by atoms with E-state index in [1.54, 1.807) is 36.5 Å². The number of carbonyl (C=O) groups excluding carboxylic acids is 1. The molecule has 6 nitrogen and oxygen atoms in total. The number of rotatable bonds is 3. The minimum Gasteiger partial charge on any atom is -0.465 e. The van der Waals surface area contributed by atoms with Gasteiger partial charge in [-0.05, 0) is 35.9 Å². The first-order chi connectivity index (χ1) is 11.1. The first-order valence-electron chi connectivity index (χ1n) is 6.77. The number of hydrogen-bond acceptors (Lipinski definition) is 5. The number of benzene rings is 1. The van der Waals surface area contributed by atoms with Gasteiger partial charge in [0.1, 0.15) is 6.33 Å². The van der Waals surface area contributed by atoms with E-state index in [0.29, 0.717) is 27.2 Å². The highest BCUT2D eigenvalue weighted by molar-refractivity contribution is 6.31. The van der Waals surface area contributed by atoms with Crippen molar-refractivity contribution in [3.05, 3.63) is 69.4 Å². The van der Waals surface area contributed by atoms with Crippen LogP contribution in [0.15, 0.2) is 47.7 Å². The van der Waals surface area contributed by atoms with Crippen molar-refractivity contribution >= 4 is 28.6 Å². The molecule has 0 N–H and O–H groups in total. The predicted octanol–water partition coefficient (Wildman–Crippen LogP) is 2.28. The molecule has 2 aromatic heterocycles. The van der Waals surface area contributed by atoms with E-state index in [1.807, 2.05) is 0 Å². The summed E-state index contributed by atoms with van der Waals surface area (Å²) in [7, 11) is 1.31. The summed E-state index contributed by atoms with van der Waals surface area (Å²) in [6, 6.07) is 8.13. The Hall–Kier alpha value is -2.73. The molecule has 3 rings (SSSR count). The normalized spacial score (nSPS) is 10.7. The zero-order valence-corrected chi connectivity index (χ0v) is 12.9. The van der Waals surface area contributed by atoms with Crippen molar-refractivity contribution in [2.24, 2.45) is 0 Å². The van der Waals surface area contributed by atoms with Crippen molar-refractivity contribution in [2.45, 2.75) is 6.54 Å². The summed E-state index contributed by atoms with van der Waals surface area (Å²) in [5, 5.41) is 0.881. The molecule has 0 aliphatic carbocycles. The van der Waals surface area contributed by atoms with E-state index in [1.165, 1.54) is 18.0 Å². The molecular weight excluding hydrogens is 318 g/mol. The average Bonchev–Trinajstić information content (AvgIpc) is 2.58. The fourth-order valence-electron chi connectivity index (χ4n) is 2.24. The molecule has 2 heterocycles. The van der Waals surface area contributed by atoms with Crippen molar-refractivity contribution < 1.29 is 9.53 Å². The lowest BCUT2D eigenvalue weighted by Gasteiger charge is -2.09. The summed E-state index contributed by atoms with van der Waals surface area (Å²) >= 11 is 6.16. The molecule has 3 aromatic rings. The van der Waals surface area contributed by atoms with Gasteiger partial charge in [0.25, 0.3) is 5.56 Å². The molecule has 0 amide bonds. The van der Waals surface area contributed by atoms with Crippen LogP contribution in [0, 0.1) is 0 Å². The predicted molar refractivity (Wildman–Crippen MR) is 85.7 cm³/mol. The first-order valence-corrected chi connectivity index (χ1v) is 7.15. The molecule has 0 spiro atoms. The Morgan fingerprint density at radius 2 is 2.13 bits per heavy atom. The maximum absolute atomic E-state index is 12.5. The fraction of sp³-hybridized carbons (Fsp3) is 0.125.